The van der Waals surface area contributed by atoms with Crippen LogP contribution >= 0.6 is 47.0 Å². The molecule has 12 heavy (non-hydrogen) atoms. The van der Waals surface area contributed by atoms with Crippen LogP contribution in [0.1, 0.15) is 13.8 Å². The fourth-order valence-corrected chi connectivity index (χ4v) is 5.54. The van der Waals surface area contributed by atoms with E-state index < -0.39 is 0 Å². The molecule has 0 fully saturated rings. The maximum Gasteiger partial charge on any atom is 0.0697 e. The molecule has 0 unspecified atom stereocenters. The van der Waals surface area contributed by atoms with Crippen LogP contribution in [0.15, 0.2) is 29.1 Å². The maximum atomic E-state index is 2.22. The molecule has 0 N–H and O–H groups in total. The molecule has 0 aromatic carbocycles. The van der Waals surface area contributed by atoms with Crippen LogP contribution in [0.5, 0.6) is 0 Å². The molecule has 2 rings (SSSR count). The minimum absolute atomic E-state index is 1.41. The zero-order valence-corrected chi connectivity index (χ0v) is 10.1. The Morgan fingerprint density at radius 2 is 1.25 bits per heavy atom. The van der Waals surface area contributed by atoms with E-state index in [2.05, 4.69) is 24.7 Å². The summed E-state index contributed by atoms with van der Waals surface area (Å²) in [5.74, 6) is 0. The van der Waals surface area contributed by atoms with Crippen molar-refractivity contribution >= 4 is 47.0 Å². The van der Waals surface area contributed by atoms with Crippen LogP contribution in [0, 0.1) is 0 Å². The average Bonchev–Trinajstić information content (AvgIpc) is 2.58. The second-order valence-electron chi connectivity index (χ2n) is 2.47. The van der Waals surface area contributed by atoms with Gasteiger partial charge in [-0.3, -0.25) is 0 Å². The van der Waals surface area contributed by atoms with Crippen LogP contribution in [0.4, 0.5) is 0 Å². The Morgan fingerprint density at radius 1 is 0.833 bits per heavy atom. The smallest absolute Gasteiger partial charge is 0.0697 e. The summed E-state index contributed by atoms with van der Waals surface area (Å²) in [5, 5.41) is 4.45. The van der Waals surface area contributed by atoms with Crippen LogP contribution < -0.4 is 0 Å². The van der Waals surface area contributed by atoms with Gasteiger partial charge in [0.05, 0.1) is 8.47 Å². The van der Waals surface area contributed by atoms with Crippen LogP contribution in [0.3, 0.4) is 0 Å². The minimum atomic E-state index is 1.41. The highest BCUT2D eigenvalue weighted by molar-refractivity contribution is 8.33. The fraction of sp³-hybridized carbons (Fsp3) is 0.250. The summed E-state index contributed by atoms with van der Waals surface area (Å²) in [5.41, 5.74) is 0. The number of thioether (sulfide) groups is 4. The predicted octanol–water partition coefficient (Wildman–Crippen LogP) is 4.80. The lowest BCUT2D eigenvalue weighted by molar-refractivity contribution is 1.73. The first-order valence-electron chi connectivity index (χ1n) is 3.52. The molecule has 0 atom stereocenters. The summed E-state index contributed by atoms with van der Waals surface area (Å²) in [4.78, 5) is 2.82. The van der Waals surface area contributed by atoms with E-state index in [1.807, 2.05) is 47.0 Å². The summed E-state index contributed by atoms with van der Waals surface area (Å²) in [6.45, 7) is 4.32. The van der Waals surface area contributed by atoms with E-state index >= 15 is 0 Å². The van der Waals surface area contributed by atoms with E-state index in [9.17, 15) is 0 Å². The third kappa shape index (κ3) is 1.92. The lowest BCUT2D eigenvalue weighted by Gasteiger charge is -1.99. The Balaban J connectivity index is 2.11. The Morgan fingerprint density at radius 3 is 1.50 bits per heavy atom. The van der Waals surface area contributed by atoms with Gasteiger partial charge in [-0.2, -0.15) is 0 Å². The van der Waals surface area contributed by atoms with Gasteiger partial charge in [-0.1, -0.05) is 47.0 Å². The van der Waals surface area contributed by atoms with Gasteiger partial charge in [-0.05, 0) is 34.5 Å². The second-order valence-corrected chi connectivity index (χ2v) is 7.26. The van der Waals surface area contributed by atoms with Crippen molar-refractivity contribution in [3.05, 3.63) is 29.1 Å². The Labute approximate surface area is 89.7 Å². The van der Waals surface area contributed by atoms with Crippen LogP contribution in [0.2, 0.25) is 0 Å². The molecule has 0 nitrogen and oxygen atoms in total. The minimum Gasteiger partial charge on any atom is -0.0881 e. The first-order chi connectivity index (χ1) is 5.75. The van der Waals surface area contributed by atoms with E-state index in [1.165, 1.54) is 18.3 Å². The number of hydrogen-bond donors (Lipinski definition) is 0. The zero-order valence-electron chi connectivity index (χ0n) is 6.79. The number of rotatable bonds is 0. The molecule has 2 aliphatic rings. The predicted molar refractivity (Wildman–Crippen MR) is 64.9 cm³/mol. The molecule has 4 heteroatoms. The third-order valence-corrected chi connectivity index (χ3v) is 6.67. The van der Waals surface area contributed by atoms with E-state index in [4.69, 9.17) is 0 Å². The van der Waals surface area contributed by atoms with Gasteiger partial charge in [-0.15, -0.1) is 0 Å². The standard InChI is InChI=1S/C8H8S4/c1-5-3-9-7(11-5)8-10-4-6(2)12-8/h3-4H,1-2H3/b8-7+. The molecule has 0 saturated carbocycles. The second kappa shape index (κ2) is 3.78. The lowest BCUT2D eigenvalue weighted by atomic mass is 10.8. The van der Waals surface area contributed by atoms with Gasteiger partial charge in [0.2, 0.25) is 0 Å². The molecule has 0 aromatic rings. The summed E-state index contributed by atoms with van der Waals surface area (Å²) >= 11 is 7.50. The van der Waals surface area contributed by atoms with Gasteiger partial charge in [0.15, 0.2) is 0 Å². The average molecular weight is 232 g/mol. The van der Waals surface area contributed by atoms with Gasteiger partial charge < -0.3 is 0 Å². The van der Waals surface area contributed by atoms with Crippen molar-refractivity contribution < 1.29 is 0 Å². The highest BCUT2D eigenvalue weighted by Gasteiger charge is 2.18. The first kappa shape index (κ1) is 9.19. The van der Waals surface area contributed by atoms with E-state index in [-0.39, 0.29) is 0 Å². The Kier molecular flexibility index (Phi) is 2.89. The van der Waals surface area contributed by atoms with Crippen molar-refractivity contribution in [1.29, 1.82) is 0 Å². The summed E-state index contributed by atoms with van der Waals surface area (Å²) in [6, 6.07) is 0. The van der Waals surface area contributed by atoms with E-state index in [0.29, 0.717) is 0 Å². The molecular formula is C8H8S4. The molecule has 0 bridgehead atoms. The molecule has 2 aliphatic heterocycles. The molecule has 2 heterocycles. The van der Waals surface area contributed by atoms with Crippen molar-refractivity contribution in [1.82, 2.24) is 0 Å². The molecule has 0 aromatic heterocycles. The first-order valence-corrected chi connectivity index (χ1v) is 6.92. The third-order valence-electron chi connectivity index (χ3n) is 1.34. The van der Waals surface area contributed by atoms with Gasteiger partial charge in [0.1, 0.15) is 0 Å². The van der Waals surface area contributed by atoms with Crippen molar-refractivity contribution in [3.63, 3.8) is 0 Å². The monoisotopic (exact) mass is 232 g/mol. The van der Waals surface area contributed by atoms with Gasteiger partial charge in [0, 0.05) is 0 Å². The number of hydrogen-bond acceptors (Lipinski definition) is 4. The van der Waals surface area contributed by atoms with Gasteiger partial charge in [-0.25, -0.2) is 0 Å². The Bertz CT molecular complexity index is 268. The van der Waals surface area contributed by atoms with Gasteiger partial charge >= 0.3 is 0 Å². The SMILES string of the molecule is CC1=CS/C(=C2/SC=C(C)S2)S1. The van der Waals surface area contributed by atoms with Crippen molar-refractivity contribution in [2.45, 2.75) is 13.8 Å². The van der Waals surface area contributed by atoms with E-state index in [0.717, 1.165) is 0 Å². The zero-order chi connectivity index (χ0) is 8.55. The van der Waals surface area contributed by atoms with Crippen LogP contribution in [0.25, 0.3) is 0 Å². The van der Waals surface area contributed by atoms with Crippen molar-refractivity contribution in [3.8, 4) is 0 Å². The fourth-order valence-electron chi connectivity index (χ4n) is 0.841. The number of allylic oxidation sites excluding steroid dienone is 2. The molecule has 0 spiro atoms. The van der Waals surface area contributed by atoms with Crippen LogP contribution in [-0.2, 0) is 0 Å². The van der Waals surface area contributed by atoms with Gasteiger partial charge in [0.25, 0.3) is 0 Å². The molecular weight excluding hydrogens is 224 g/mol. The lowest BCUT2D eigenvalue weighted by Crippen LogP contribution is -1.65. The molecule has 0 saturated heterocycles. The molecule has 0 amide bonds. The summed E-state index contributed by atoms with van der Waals surface area (Å²) in [7, 11) is 0. The Hall–Kier alpha value is 0.620. The quantitative estimate of drug-likeness (QED) is 0.588. The largest absolute Gasteiger partial charge is 0.0881 e. The molecule has 0 aliphatic carbocycles. The topological polar surface area (TPSA) is 0 Å². The van der Waals surface area contributed by atoms with E-state index in [1.54, 1.807) is 0 Å². The normalized spacial score (nSPS) is 29.2. The summed E-state index contributed by atoms with van der Waals surface area (Å²) in [6.07, 6.45) is 0. The maximum absolute atomic E-state index is 2.22. The highest BCUT2D eigenvalue weighted by atomic mass is 32.2. The highest BCUT2D eigenvalue weighted by Crippen LogP contribution is 2.54. The molecule has 64 valence electrons. The summed E-state index contributed by atoms with van der Waals surface area (Å²) < 4.78 is 2.91. The van der Waals surface area contributed by atoms with Crippen LogP contribution in [-0.4, -0.2) is 0 Å². The van der Waals surface area contributed by atoms with Crippen molar-refractivity contribution in [2.75, 3.05) is 0 Å². The van der Waals surface area contributed by atoms with Crippen molar-refractivity contribution in [2.24, 2.45) is 0 Å². The molecule has 0 radical (unpaired) electrons.